The molecule has 0 radical (unpaired) electrons. The summed E-state index contributed by atoms with van der Waals surface area (Å²) < 4.78 is 5.23. The topological polar surface area (TPSA) is 105 Å². The summed E-state index contributed by atoms with van der Waals surface area (Å²) in [6.07, 6.45) is 1.04. The van der Waals surface area contributed by atoms with Gasteiger partial charge in [0.05, 0.1) is 16.0 Å². The van der Waals surface area contributed by atoms with Crippen LogP contribution in [0, 0.1) is 11.3 Å². The van der Waals surface area contributed by atoms with Crippen molar-refractivity contribution in [1.82, 2.24) is 5.32 Å². The minimum absolute atomic E-state index is 0.00914. The molecule has 0 bridgehead atoms. The van der Waals surface area contributed by atoms with Gasteiger partial charge in [0.25, 0.3) is 5.91 Å². The molecule has 0 unspecified atom stereocenters. The zero-order valence-corrected chi connectivity index (χ0v) is 16.3. The first-order chi connectivity index (χ1) is 12.7. The third-order valence-electron chi connectivity index (χ3n) is 4.58. The Labute approximate surface area is 163 Å². The fraction of sp³-hybridized carbons (Fsp3) is 0.526. The van der Waals surface area contributed by atoms with Crippen LogP contribution in [0.25, 0.3) is 0 Å². The number of hydrogen-bond acceptors (Lipinski definition) is 4. The maximum absolute atomic E-state index is 12.6. The zero-order valence-electron chi connectivity index (χ0n) is 15.5. The first-order valence-corrected chi connectivity index (χ1v) is 9.30. The molecule has 8 heteroatoms. The number of ether oxygens (including phenoxy) is 1. The molecule has 1 aliphatic rings. The van der Waals surface area contributed by atoms with Crippen molar-refractivity contribution < 1.29 is 24.2 Å². The second kappa shape index (κ2) is 9.19. The fourth-order valence-corrected chi connectivity index (χ4v) is 3.14. The number of benzene rings is 1. The van der Waals surface area contributed by atoms with Gasteiger partial charge in [-0.3, -0.25) is 14.4 Å². The summed E-state index contributed by atoms with van der Waals surface area (Å²) in [7, 11) is 0. The second-order valence-corrected chi connectivity index (χ2v) is 7.63. The molecule has 1 aromatic rings. The number of halogens is 1. The molecule has 148 valence electrons. The van der Waals surface area contributed by atoms with Crippen molar-refractivity contribution >= 4 is 35.1 Å². The Kier molecular flexibility index (Phi) is 7.21. The molecule has 0 atom stereocenters. The predicted octanol–water partition coefficient (Wildman–Crippen LogP) is 2.94. The molecule has 0 aliphatic carbocycles. The lowest BCUT2D eigenvalue weighted by Crippen LogP contribution is -2.46. The number of hydrogen-bond donors (Lipinski definition) is 3. The molecule has 27 heavy (non-hydrogen) atoms. The highest BCUT2D eigenvalue weighted by atomic mass is 35.5. The van der Waals surface area contributed by atoms with Gasteiger partial charge < -0.3 is 20.5 Å². The molecule has 0 aromatic heterocycles. The van der Waals surface area contributed by atoms with E-state index in [-0.39, 0.29) is 29.0 Å². The number of carboxylic acids is 1. The van der Waals surface area contributed by atoms with Crippen LogP contribution in [0.2, 0.25) is 5.02 Å². The van der Waals surface area contributed by atoms with Crippen LogP contribution in [0.5, 0.6) is 0 Å². The largest absolute Gasteiger partial charge is 0.481 e. The Balaban J connectivity index is 2.07. The molecular weight excluding hydrogens is 372 g/mol. The van der Waals surface area contributed by atoms with Crippen molar-refractivity contribution in [2.75, 3.05) is 25.1 Å². The smallest absolute Gasteiger partial charge is 0.311 e. The lowest BCUT2D eigenvalue weighted by molar-refractivity contribution is -0.154. The minimum atomic E-state index is -1.04. The molecule has 0 spiro atoms. The summed E-state index contributed by atoms with van der Waals surface area (Å²) in [5, 5.41) is 15.2. The van der Waals surface area contributed by atoms with Gasteiger partial charge in [-0.25, -0.2) is 0 Å². The monoisotopic (exact) mass is 396 g/mol. The normalized spacial score (nSPS) is 16.0. The molecule has 1 saturated heterocycles. The Morgan fingerprint density at radius 3 is 2.52 bits per heavy atom. The molecule has 7 nitrogen and oxygen atoms in total. The molecule has 2 amide bonds. The van der Waals surface area contributed by atoms with Crippen LogP contribution < -0.4 is 10.6 Å². The highest BCUT2D eigenvalue weighted by molar-refractivity contribution is 6.34. The van der Waals surface area contributed by atoms with E-state index in [2.05, 4.69) is 10.6 Å². The highest BCUT2D eigenvalue weighted by Gasteiger charge is 2.40. The Bertz CT molecular complexity index is 714. The number of amides is 2. The first-order valence-electron chi connectivity index (χ1n) is 8.92. The number of carboxylic acid groups (broad SMARTS) is 1. The Morgan fingerprint density at radius 2 is 1.93 bits per heavy atom. The van der Waals surface area contributed by atoms with Gasteiger partial charge >= 0.3 is 5.97 Å². The number of aliphatic carboxylic acids is 1. The van der Waals surface area contributed by atoms with Crippen molar-refractivity contribution in [3.63, 3.8) is 0 Å². The van der Waals surface area contributed by atoms with Crippen LogP contribution in [0.15, 0.2) is 18.2 Å². The predicted molar refractivity (Wildman–Crippen MR) is 102 cm³/mol. The summed E-state index contributed by atoms with van der Waals surface area (Å²) in [4.78, 5) is 36.1. The minimum Gasteiger partial charge on any atom is -0.481 e. The van der Waals surface area contributed by atoms with E-state index in [1.807, 2.05) is 13.8 Å². The number of carbonyl (C=O) groups excluding carboxylic acids is 2. The maximum Gasteiger partial charge on any atom is 0.311 e. The second-order valence-electron chi connectivity index (χ2n) is 7.22. The summed E-state index contributed by atoms with van der Waals surface area (Å²) >= 11 is 6.12. The van der Waals surface area contributed by atoms with Gasteiger partial charge in [-0.15, -0.1) is 0 Å². The Morgan fingerprint density at radius 1 is 1.26 bits per heavy atom. The Hall–Kier alpha value is -2.12. The van der Waals surface area contributed by atoms with E-state index in [1.165, 1.54) is 12.1 Å². The van der Waals surface area contributed by atoms with E-state index in [4.69, 9.17) is 16.3 Å². The van der Waals surface area contributed by atoms with Gasteiger partial charge in [0.15, 0.2) is 0 Å². The average molecular weight is 397 g/mol. The lowest BCUT2D eigenvalue weighted by Gasteiger charge is -2.33. The number of anilines is 1. The van der Waals surface area contributed by atoms with E-state index in [9.17, 15) is 19.5 Å². The van der Waals surface area contributed by atoms with Crippen molar-refractivity contribution in [3.05, 3.63) is 28.8 Å². The first kappa shape index (κ1) is 21.2. The van der Waals surface area contributed by atoms with Crippen LogP contribution in [0.4, 0.5) is 5.69 Å². The average Bonchev–Trinajstić information content (AvgIpc) is 2.61. The van der Waals surface area contributed by atoms with Crippen LogP contribution in [0.3, 0.4) is 0 Å². The third kappa shape index (κ3) is 5.68. The SMILES string of the molecule is CC(C)CC(=O)Nc1ccc(Cl)c(C(=O)NCC2(C(=O)O)CCOCC2)c1. The maximum atomic E-state index is 12.6. The highest BCUT2D eigenvalue weighted by Crippen LogP contribution is 2.30. The van der Waals surface area contributed by atoms with Gasteiger partial charge in [0, 0.05) is 31.9 Å². The number of nitrogens with one attached hydrogen (secondary N) is 2. The van der Waals surface area contributed by atoms with Crippen LogP contribution in [-0.2, 0) is 14.3 Å². The third-order valence-corrected chi connectivity index (χ3v) is 4.91. The summed E-state index contributed by atoms with van der Waals surface area (Å²) in [6, 6.07) is 4.64. The standard InChI is InChI=1S/C19H25ClN2O5/c1-12(2)9-16(23)22-13-3-4-15(20)14(10-13)17(24)21-11-19(18(25)26)5-7-27-8-6-19/h3-4,10,12H,5-9,11H2,1-2H3,(H,21,24)(H,22,23)(H,25,26). The molecule has 1 fully saturated rings. The van der Waals surface area contributed by atoms with E-state index in [0.29, 0.717) is 38.2 Å². The molecule has 1 aliphatic heterocycles. The quantitative estimate of drug-likeness (QED) is 0.657. The van der Waals surface area contributed by atoms with Gasteiger partial charge in [-0.2, -0.15) is 0 Å². The molecule has 2 rings (SSSR count). The van der Waals surface area contributed by atoms with Gasteiger partial charge in [-0.1, -0.05) is 25.4 Å². The van der Waals surface area contributed by atoms with Crippen LogP contribution in [-0.4, -0.2) is 42.6 Å². The number of rotatable bonds is 7. The summed E-state index contributed by atoms with van der Waals surface area (Å²) in [6.45, 7) is 4.56. The van der Waals surface area contributed by atoms with Gasteiger partial charge in [0.1, 0.15) is 0 Å². The molecular formula is C19H25ClN2O5. The van der Waals surface area contributed by atoms with Crippen LogP contribution >= 0.6 is 11.6 Å². The summed E-state index contributed by atoms with van der Waals surface area (Å²) in [5.74, 6) is -1.36. The lowest BCUT2D eigenvalue weighted by atomic mass is 9.80. The zero-order chi connectivity index (χ0) is 20.0. The van der Waals surface area contributed by atoms with Crippen LogP contribution in [0.1, 0.15) is 43.5 Å². The molecule has 1 aromatic carbocycles. The van der Waals surface area contributed by atoms with E-state index < -0.39 is 17.3 Å². The van der Waals surface area contributed by atoms with Crippen molar-refractivity contribution in [2.45, 2.75) is 33.1 Å². The van der Waals surface area contributed by atoms with Gasteiger partial charge in [0.2, 0.25) is 5.91 Å². The molecule has 1 heterocycles. The van der Waals surface area contributed by atoms with Gasteiger partial charge in [-0.05, 0) is 37.0 Å². The van der Waals surface area contributed by atoms with E-state index >= 15 is 0 Å². The summed E-state index contributed by atoms with van der Waals surface area (Å²) in [5.41, 5.74) is -0.385. The van der Waals surface area contributed by atoms with E-state index in [1.54, 1.807) is 6.07 Å². The van der Waals surface area contributed by atoms with Crippen molar-refractivity contribution in [2.24, 2.45) is 11.3 Å². The van der Waals surface area contributed by atoms with Crippen molar-refractivity contribution in [1.29, 1.82) is 0 Å². The molecule has 3 N–H and O–H groups in total. The fourth-order valence-electron chi connectivity index (χ4n) is 2.93. The molecule has 0 saturated carbocycles. The number of carbonyl (C=O) groups is 3. The van der Waals surface area contributed by atoms with E-state index in [0.717, 1.165) is 0 Å². The van der Waals surface area contributed by atoms with Crippen molar-refractivity contribution in [3.8, 4) is 0 Å².